The summed E-state index contributed by atoms with van der Waals surface area (Å²) in [6.45, 7) is 2.02. The zero-order valence-electron chi connectivity index (χ0n) is 9.24. The molecule has 0 bridgehead atoms. The van der Waals surface area contributed by atoms with Crippen LogP contribution in [0.4, 0.5) is 4.39 Å². The van der Waals surface area contributed by atoms with Crippen LogP contribution in [-0.2, 0) is 16.1 Å². The quantitative estimate of drug-likeness (QED) is 0.499. The van der Waals surface area contributed by atoms with E-state index in [2.05, 4.69) is 15.3 Å². The van der Waals surface area contributed by atoms with E-state index in [4.69, 9.17) is 11.6 Å². The van der Waals surface area contributed by atoms with E-state index in [-0.39, 0.29) is 24.1 Å². The maximum atomic E-state index is 13.2. The van der Waals surface area contributed by atoms with Crippen LogP contribution in [-0.4, -0.2) is 17.7 Å². The van der Waals surface area contributed by atoms with Gasteiger partial charge >= 0.3 is 5.97 Å². The van der Waals surface area contributed by atoms with E-state index in [9.17, 15) is 9.18 Å². The van der Waals surface area contributed by atoms with Crippen LogP contribution in [0.1, 0.15) is 12.5 Å². The fourth-order valence-electron chi connectivity index (χ4n) is 1.07. The van der Waals surface area contributed by atoms with Crippen LogP contribution < -0.4 is 5.43 Å². The lowest BCUT2D eigenvalue weighted by Crippen LogP contribution is -2.17. The summed E-state index contributed by atoms with van der Waals surface area (Å²) in [5.41, 5.74) is 2.93. The van der Waals surface area contributed by atoms with Gasteiger partial charge in [0.15, 0.2) is 0 Å². The van der Waals surface area contributed by atoms with Crippen LogP contribution >= 0.6 is 11.6 Å². The zero-order chi connectivity index (χ0) is 12.7. The first-order valence-electron chi connectivity index (χ1n) is 5.01. The number of nitrogens with one attached hydrogen (secondary N) is 1. The van der Waals surface area contributed by atoms with Crippen LogP contribution in [0.3, 0.4) is 0 Å². The van der Waals surface area contributed by atoms with Gasteiger partial charge in [-0.05, 0) is 13.0 Å². The van der Waals surface area contributed by atoms with Crippen LogP contribution in [0.5, 0.6) is 0 Å². The Morgan fingerprint density at radius 1 is 1.53 bits per heavy atom. The molecule has 0 aliphatic rings. The summed E-state index contributed by atoms with van der Waals surface area (Å²) >= 11 is 5.54. The van der Waals surface area contributed by atoms with Crippen molar-refractivity contribution in [3.63, 3.8) is 0 Å². The molecule has 0 aliphatic heterocycles. The Kier molecular flexibility index (Phi) is 5.42. The molecule has 17 heavy (non-hydrogen) atoms. The molecule has 0 radical (unpaired) electrons. The van der Waals surface area contributed by atoms with Crippen molar-refractivity contribution in [1.82, 2.24) is 5.43 Å². The second-order valence-corrected chi connectivity index (χ2v) is 3.41. The molecule has 0 fully saturated rings. The largest absolute Gasteiger partial charge is 0.461 e. The van der Waals surface area contributed by atoms with Crippen LogP contribution in [0.15, 0.2) is 29.4 Å². The van der Waals surface area contributed by atoms with Crippen molar-refractivity contribution < 1.29 is 13.9 Å². The summed E-state index contributed by atoms with van der Waals surface area (Å²) in [6.07, 6.45) is 0. The third kappa shape index (κ3) is 4.40. The highest BCUT2D eigenvalue weighted by atomic mass is 35.5. The molecular weight excluding hydrogens is 247 g/mol. The normalized spacial score (nSPS) is 11.1. The van der Waals surface area contributed by atoms with Crippen molar-refractivity contribution in [2.75, 3.05) is 6.61 Å². The molecule has 0 unspecified atom stereocenters. The fraction of sp³-hybridized carbons (Fsp3) is 0.273. The van der Waals surface area contributed by atoms with E-state index in [1.165, 1.54) is 6.07 Å². The summed E-state index contributed by atoms with van der Waals surface area (Å²) in [5.74, 6) is -1.06. The highest BCUT2D eigenvalue weighted by Crippen LogP contribution is 2.05. The number of carbonyl (C=O) groups excluding carboxylic acids is 1. The van der Waals surface area contributed by atoms with E-state index < -0.39 is 5.97 Å². The fourth-order valence-corrected chi connectivity index (χ4v) is 1.19. The minimum absolute atomic E-state index is 0.141. The second kappa shape index (κ2) is 6.85. The topological polar surface area (TPSA) is 50.7 Å². The van der Waals surface area contributed by atoms with E-state index in [0.29, 0.717) is 5.56 Å². The lowest BCUT2D eigenvalue weighted by atomic mass is 10.2. The zero-order valence-corrected chi connectivity index (χ0v) is 10.00. The number of hydrogen-bond donors (Lipinski definition) is 1. The molecule has 1 N–H and O–H groups in total. The Hall–Kier alpha value is -1.62. The molecule has 0 aliphatic carbocycles. The Morgan fingerprint density at radius 2 is 2.24 bits per heavy atom. The van der Waals surface area contributed by atoms with Gasteiger partial charge < -0.3 is 10.2 Å². The monoisotopic (exact) mass is 258 g/mol. The van der Waals surface area contributed by atoms with Gasteiger partial charge in [-0.3, -0.25) is 0 Å². The molecule has 0 saturated heterocycles. The summed E-state index contributed by atoms with van der Waals surface area (Å²) in [4.78, 5) is 11.1. The lowest BCUT2D eigenvalue weighted by molar-refractivity contribution is -0.134. The minimum Gasteiger partial charge on any atom is -0.461 e. The third-order valence-corrected chi connectivity index (χ3v) is 2.09. The van der Waals surface area contributed by atoms with Crippen molar-refractivity contribution in [3.05, 3.63) is 35.6 Å². The predicted molar refractivity (Wildman–Crippen MR) is 63.2 cm³/mol. The standard InChI is InChI=1S/C11H12ClFN2O2/c1-2-17-11(16)10(12)15-14-7-8-5-3-4-6-9(8)13/h3-6,14H,2,7H2,1H3. The molecule has 0 aromatic heterocycles. The number of rotatable bonds is 5. The maximum Gasteiger partial charge on any atom is 0.370 e. The molecule has 1 aromatic carbocycles. The second-order valence-electron chi connectivity index (χ2n) is 3.05. The molecule has 1 rings (SSSR count). The number of halogens is 2. The van der Waals surface area contributed by atoms with Gasteiger partial charge in [0.1, 0.15) is 5.82 Å². The van der Waals surface area contributed by atoms with Gasteiger partial charge in [-0.25, -0.2) is 9.18 Å². The molecule has 1 aromatic rings. The third-order valence-electron chi connectivity index (χ3n) is 1.85. The Labute approximate surface area is 103 Å². The molecule has 0 amide bonds. The highest BCUT2D eigenvalue weighted by Gasteiger charge is 2.08. The number of esters is 1. The average molecular weight is 259 g/mol. The van der Waals surface area contributed by atoms with Crippen molar-refractivity contribution in [2.24, 2.45) is 5.10 Å². The van der Waals surface area contributed by atoms with E-state index in [1.807, 2.05) is 0 Å². The molecule has 4 nitrogen and oxygen atoms in total. The van der Waals surface area contributed by atoms with Crippen molar-refractivity contribution in [3.8, 4) is 0 Å². The van der Waals surface area contributed by atoms with Gasteiger partial charge in [-0.15, -0.1) is 0 Å². The molecule has 0 spiro atoms. The van der Waals surface area contributed by atoms with Gasteiger partial charge in [-0.2, -0.15) is 5.10 Å². The van der Waals surface area contributed by atoms with Gasteiger partial charge in [-0.1, -0.05) is 29.8 Å². The van der Waals surface area contributed by atoms with Crippen molar-refractivity contribution in [1.29, 1.82) is 0 Å². The lowest BCUT2D eigenvalue weighted by Gasteiger charge is -2.03. The summed E-state index contributed by atoms with van der Waals surface area (Å²) < 4.78 is 17.8. The first-order valence-corrected chi connectivity index (χ1v) is 5.39. The van der Waals surface area contributed by atoms with E-state index in [0.717, 1.165) is 0 Å². The molecule has 0 heterocycles. The Balaban J connectivity index is 2.49. The number of benzene rings is 1. The van der Waals surface area contributed by atoms with Gasteiger partial charge in [0, 0.05) is 5.56 Å². The smallest absolute Gasteiger partial charge is 0.370 e. The van der Waals surface area contributed by atoms with Crippen LogP contribution in [0.2, 0.25) is 0 Å². The number of ether oxygens (including phenoxy) is 1. The molecule has 92 valence electrons. The van der Waals surface area contributed by atoms with Gasteiger partial charge in [0.2, 0.25) is 5.17 Å². The first-order chi connectivity index (χ1) is 8.15. The minimum atomic E-state index is -0.713. The maximum absolute atomic E-state index is 13.2. The van der Waals surface area contributed by atoms with Crippen LogP contribution in [0.25, 0.3) is 0 Å². The first kappa shape index (κ1) is 13.4. The van der Waals surface area contributed by atoms with Crippen molar-refractivity contribution in [2.45, 2.75) is 13.5 Å². The number of hydrogen-bond acceptors (Lipinski definition) is 4. The molecular formula is C11H12ClFN2O2. The van der Waals surface area contributed by atoms with Crippen molar-refractivity contribution >= 4 is 22.7 Å². The van der Waals surface area contributed by atoms with Crippen LogP contribution in [0, 0.1) is 5.82 Å². The SMILES string of the molecule is CCOC(=O)C(Cl)=NNCc1ccccc1F. The molecule has 0 atom stereocenters. The molecule has 0 saturated carbocycles. The van der Waals surface area contributed by atoms with Gasteiger partial charge in [0.25, 0.3) is 0 Å². The number of hydrazone groups is 1. The summed E-state index contributed by atoms with van der Waals surface area (Å²) in [7, 11) is 0. The number of carbonyl (C=O) groups is 1. The average Bonchev–Trinajstić information content (AvgIpc) is 2.31. The van der Waals surface area contributed by atoms with E-state index in [1.54, 1.807) is 25.1 Å². The summed E-state index contributed by atoms with van der Waals surface area (Å²) in [5, 5.41) is 3.25. The highest BCUT2D eigenvalue weighted by molar-refractivity contribution is 6.81. The van der Waals surface area contributed by atoms with Gasteiger partial charge in [0.05, 0.1) is 13.2 Å². The number of nitrogens with zero attached hydrogens (tertiary/aromatic N) is 1. The summed E-state index contributed by atoms with van der Waals surface area (Å²) in [6, 6.07) is 6.24. The Morgan fingerprint density at radius 3 is 2.88 bits per heavy atom. The predicted octanol–water partition coefficient (Wildman–Crippen LogP) is 2.03. The molecule has 6 heteroatoms. The van der Waals surface area contributed by atoms with E-state index >= 15 is 0 Å². The Bertz CT molecular complexity index is 424.